The molecule has 0 aliphatic heterocycles. The van der Waals surface area contributed by atoms with Gasteiger partial charge in [0.05, 0.1) is 0 Å². The Balaban J connectivity index is 4.63. The van der Waals surface area contributed by atoms with Crippen LogP contribution in [0.25, 0.3) is 0 Å². The maximum absolute atomic E-state index is 12.7. The van der Waals surface area contributed by atoms with Crippen molar-refractivity contribution in [1.29, 1.82) is 0 Å². The number of hydrogen-bond acceptors (Lipinski definition) is 6. The number of allylic oxidation sites excluding steroid dienone is 22. The van der Waals surface area contributed by atoms with Crippen molar-refractivity contribution in [3.63, 3.8) is 0 Å². The normalized spacial score (nSPS) is 13.4. The molecule has 0 aliphatic rings. The molecule has 6 heteroatoms. The second kappa shape index (κ2) is 43.3. The molecule has 0 aromatic heterocycles. The molecule has 0 N–H and O–H groups in total. The van der Waals surface area contributed by atoms with Crippen LogP contribution in [0, 0.1) is 0 Å². The summed E-state index contributed by atoms with van der Waals surface area (Å²) in [5.41, 5.74) is 0. The second-order valence-electron chi connectivity index (χ2n) is 13.2. The number of rotatable bonds is 35. The van der Waals surface area contributed by atoms with Crippen LogP contribution in [0.5, 0.6) is 0 Å². The summed E-state index contributed by atoms with van der Waals surface area (Å²) in [7, 11) is 0. The molecule has 0 rings (SSSR count). The standard InChI is InChI=1S/C50H74O6/c1-4-7-10-13-16-19-22-24-25-26-29-31-34-37-40-43-49(52)55-46-47(45-54-48(51)42-39-36-33-30-27-21-18-15-12-9-6-3)56-50(53)44-41-38-35-32-28-23-20-17-14-11-8-5-2/h7-13,16-22,24-26,28-30,32-33,47H,4-6,14-15,23,27,31,34-46H2,1-3H3/b10-7-,11-8-,12-9-,16-13-,20-17-,21-18-,22-19-,25-24-,29-26-,32-28-,33-30-. The SMILES string of the molecule is CC\C=C/C=C\C=C/C=C\C=C/CCCCCC(=O)OCC(COC(=O)CCC/C=C\C/C=C\C/C=C\CC)OC(=O)CCCC/C=C\C/C=C\C/C=C\CC. The molecule has 0 aromatic rings. The first-order valence-corrected chi connectivity index (χ1v) is 21.3. The van der Waals surface area contributed by atoms with Crippen molar-refractivity contribution in [1.82, 2.24) is 0 Å². The maximum Gasteiger partial charge on any atom is 0.306 e. The first-order chi connectivity index (χ1) is 27.5. The predicted molar refractivity (Wildman–Crippen MR) is 237 cm³/mol. The van der Waals surface area contributed by atoms with Crippen LogP contribution in [0.2, 0.25) is 0 Å². The van der Waals surface area contributed by atoms with Gasteiger partial charge in [0.1, 0.15) is 13.2 Å². The van der Waals surface area contributed by atoms with E-state index in [-0.39, 0.29) is 50.4 Å². The lowest BCUT2D eigenvalue weighted by atomic mass is 10.1. The summed E-state index contributed by atoms with van der Waals surface area (Å²) in [6.07, 6.45) is 60.2. The third-order valence-corrected chi connectivity index (χ3v) is 8.01. The molecule has 0 aromatic carbocycles. The number of hydrogen-bond donors (Lipinski definition) is 0. The van der Waals surface area contributed by atoms with E-state index in [1.165, 1.54) is 0 Å². The molecule has 0 bridgehead atoms. The predicted octanol–water partition coefficient (Wildman–Crippen LogP) is 13.6. The molecule has 0 spiro atoms. The Bertz CT molecular complexity index is 1300. The Morgan fingerprint density at radius 1 is 0.375 bits per heavy atom. The number of ether oxygens (including phenoxy) is 3. The summed E-state index contributed by atoms with van der Waals surface area (Å²) < 4.78 is 16.5. The summed E-state index contributed by atoms with van der Waals surface area (Å²) >= 11 is 0. The zero-order chi connectivity index (χ0) is 40.8. The van der Waals surface area contributed by atoms with E-state index in [1.54, 1.807) is 0 Å². The van der Waals surface area contributed by atoms with Crippen LogP contribution in [-0.2, 0) is 28.6 Å². The Morgan fingerprint density at radius 2 is 0.750 bits per heavy atom. The molecule has 1 atom stereocenters. The Labute approximate surface area is 341 Å². The van der Waals surface area contributed by atoms with Crippen molar-refractivity contribution in [2.45, 2.75) is 149 Å². The molecule has 0 amide bonds. The van der Waals surface area contributed by atoms with Gasteiger partial charge in [0.2, 0.25) is 0 Å². The molecule has 310 valence electrons. The first-order valence-electron chi connectivity index (χ1n) is 21.3. The van der Waals surface area contributed by atoms with Crippen molar-refractivity contribution in [2.24, 2.45) is 0 Å². The van der Waals surface area contributed by atoms with Crippen molar-refractivity contribution in [3.05, 3.63) is 134 Å². The van der Waals surface area contributed by atoms with Gasteiger partial charge in [-0.3, -0.25) is 14.4 Å². The number of esters is 3. The quantitative estimate of drug-likeness (QED) is 0.0210. The molecular formula is C50H74O6. The van der Waals surface area contributed by atoms with Crippen LogP contribution in [0.4, 0.5) is 0 Å². The lowest BCUT2D eigenvalue weighted by molar-refractivity contribution is -0.167. The van der Waals surface area contributed by atoms with E-state index in [0.717, 1.165) is 83.5 Å². The fraction of sp³-hybridized carbons (Fsp3) is 0.500. The second-order valence-corrected chi connectivity index (χ2v) is 13.2. The summed E-state index contributed by atoms with van der Waals surface area (Å²) in [5, 5.41) is 0. The molecule has 6 nitrogen and oxygen atoms in total. The van der Waals surface area contributed by atoms with Gasteiger partial charge in [0.15, 0.2) is 6.10 Å². The summed E-state index contributed by atoms with van der Waals surface area (Å²) in [5.74, 6) is -1.09. The van der Waals surface area contributed by atoms with Gasteiger partial charge in [0.25, 0.3) is 0 Å². The minimum absolute atomic E-state index is 0.137. The highest BCUT2D eigenvalue weighted by Gasteiger charge is 2.19. The zero-order valence-corrected chi connectivity index (χ0v) is 35.1. The van der Waals surface area contributed by atoms with Crippen molar-refractivity contribution in [3.8, 4) is 0 Å². The minimum atomic E-state index is -0.838. The zero-order valence-electron chi connectivity index (χ0n) is 35.1. The lowest BCUT2D eigenvalue weighted by Gasteiger charge is -2.18. The van der Waals surface area contributed by atoms with E-state index in [9.17, 15) is 14.4 Å². The van der Waals surface area contributed by atoms with Gasteiger partial charge in [-0.1, -0.05) is 161 Å². The fourth-order valence-electron chi connectivity index (χ4n) is 4.91. The average Bonchev–Trinajstić information content (AvgIpc) is 3.19. The molecule has 56 heavy (non-hydrogen) atoms. The van der Waals surface area contributed by atoms with Gasteiger partial charge >= 0.3 is 17.9 Å². The smallest absolute Gasteiger partial charge is 0.306 e. The molecular weight excluding hydrogens is 697 g/mol. The van der Waals surface area contributed by atoms with E-state index in [4.69, 9.17) is 14.2 Å². The van der Waals surface area contributed by atoms with Gasteiger partial charge in [-0.05, 0) is 96.3 Å². The first kappa shape index (κ1) is 51.5. The molecule has 0 saturated heterocycles. The number of carbonyl (C=O) groups is 3. The van der Waals surface area contributed by atoms with Gasteiger partial charge in [0, 0.05) is 19.3 Å². The van der Waals surface area contributed by atoms with Crippen LogP contribution in [0.15, 0.2) is 134 Å². The van der Waals surface area contributed by atoms with E-state index in [2.05, 4.69) is 106 Å². The molecule has 0 heterocycles. The highest BCUT2D eigenvalue weighted by Crippen LogP contribution is 2.09. The number of unbranched alkanes of at least 4 members (excludes halogenated alkanes) is 6. The van der Waals surface area contributed by atoms with E-state index >= 15 is 0 Å². The minimum Gasteiger partial charge on any atom is -0.462 e. The molecule has 0 aliphatic carbocycles. The monoisotopic (exact) mass is 771 g/mol. The lowest BCUT2D eigenvalue weighted by Crippen LogP contribution is -2.30. The van der Waals surface area contributed by atoms with Crippen molar-refractivity contribution < 1.29 is 28.6 Å². The van der Waals surface area contributed by atoms with Crippen LogP contribution in [0.1, 0.15) is 143 Å². The molecule has 0 saturated carbocycles. The Morgan fingerprint density at radius 3 is 1.29 bits per heavy atom. The van der Waals surface area contributed by atoms with Crippen LogP contribution in [-0.4, -0.2) is 37.2 Å². The van der Waals surface area contributed by atoms with Crippen molar-refractivity contribution >= 4 is 17.9 Å². The maximum atomic E-state index is 12.7. The van der Waals surface area contributed by atoms with Crippen LogP contribution in [0.3, 0.4) is 0 Å². The molecule has 1 unspecified atom stereocenters. The highest BCUT2D eigenvalue weighted by molar-refractivity contribution is 5.71. The highest BCUT2D eigenvalue weighted by atomic mass is 16.6. The summed E-state index contributed by atoms with van der Waals surface area (Å²) in [4.78, 5) is 37.6. The largest absolute Gasteiger partial charge is 0.462 e. The van der Waals surface area contributed by atoms with E-state index in [1.807, 2.05) is 48.6 Å². The topological polar surface area (TPSA) is 78.9 Å². The number of carbonyl (C=O) groups excluding carboxylic acids is 3. The van der Waals surface area contributed by atoms with Gasteiger partial charge < -0.3 is 14.2 Å². The molecule has 0 radical (unpaired) electrons. The third kappa shape index (κ3) is 40.7. The van der Waals surface area contributed by atoms with Crippen LogP contribution >= 0.6 is 0 Å². The Hall–Kier alpha value is -4.45. The van der Waals surface area contributed by atoms with Crippen LogP contribution < -0.4 is 0 Å². The Kier molecular flexibility index (Phi) is 39.8. The fourth-order valence-corrected chi connectivity index (χ4v) is 4.91. The third-order valence-electron chi connectivity index (χ3n) is 8.01. The van der Waals surface area contributed by atoms with E-state index in [0.29, 0.717) is 19.3 Å². The van der Waals surface area contributed by atoms with E-state index < -0.39 is 6.10 Å². The summed E-state index contributed by atoms with van der Waals surface area (Å²) in [6.45, 7) is 6.08. The van der Waals surface area contributed by atoms with Gasteiger partial charge in [-0.25, -0.2) is 0 Å². The van der Waals surface area contributed by atoms with Gasteiger partial charge in [-0.15, -0.1) is 0 Å². The van der Waals surface area contributed by atoms with Crippen molar-refractivity contribution in [2.75, 3.05) is 13.2 Å². The van der Waals surface area contributed by atoms with Gasteiger partial charge in [-0.2, -0.15) is 0 Å². The summed E-state index contributed by atoms with van der Waals surface area (Å²) in [6, 6.07) is 0. The average molecular weight is 771 g/mol. The molecule has 0 fully saturated rings.